The zero-order valence-electron chi connectivity index (χ0n) is 11.1. The van der Waals surface area contributed by atoms with Gasteiger partial charge in [0.05, 0.1) is 0 Å². The SMILES string of the molecule is CCC(CC)CSC(Cc1ccccc1)C(=O)O. The van der Waals surface area contributed by atoms with Crippen LogP contribution >= 0.6 is 11.8 Å². The van der Waals surface area contributed by atoms with E-state index in [9.17, 15) is 9.90 Å². The number of thioether (sulfide) groups is 1. The summed E-state index contributed by atoms with van der Waals surface area (Å²) < 4.78 is 0. The van der Waals surface area contributed by atoms with Gasteiger partial charge in [-0.05, 0) is 23.7 Å². The van der Waals surface area contributed by atoms with Crippen LogP contribution in [-0.2, 0) is 11.2 Å². The van der Waals surface area contributed by atoms with Crippen molar-refractivity contribution in [2.45, 2.75) is 38.4 Å². The first-order valence-electron chi connectivity index (χ1n) is 6.55. The predicted molar refractivity (Wildman–Crippen MR) is 78.1 cm³/mol. The minimum absolute atomic E-state index is 0.326. The second kappa shape index (κ2) is 8.20. The predicted octanol–water partition coefficient (Wildman–Crippen LogP) is 3.85. The molecule has 100 valence electrons. The van der Waals surface area contributed by atoms with E-state index in [1.807, 2.05) is 30.3 Å². The lowest BCUT2D eigenvalue weighted by Gasteiger charge is -2.16. The second-order valence-corrected chi connectivity index (χ2v) is 5.77. The van der Waals surface area contributed by atoms with E-state index in [1.165, 1.54) is 0 Å². The Morgan fingerprint density at radius 2 is 1.83 bits per heavy atom. The van der Waals surface area contributed by atoms with Crippen molar-refractivity contribution in [3.8, 4) is 0 Å². The van der Waals surface area contributed by atoms with Gasteiger partial charge < -0.3 is 5.11 Å². The molecule has 0 aromatic heterocycles. The van der Waals surface area contributed by atoms with Crippen LogP contribution in [0.25, 0.3) is 0 Å². The van der Waals surface area contributed by atoms with Gasteiger partial charge in [-0.1, -0.05) is 57.0 Å². The Balaban J connectivity index is 2.53. The van der Waals surface area contributed by atoms with Crippen LogP contribution in [0.2, 0.25) is 0 Å². The summed E-state index contributed by atoms with van der Waals surface area (Å²) in [5.74, 6) is 0.874. The molecule has 0 spiro atoms. The van der Waals surface area contributed by atoms with Crippen LogP contribution in [0.1, 0.15) is 32.3 Å². The van der Waals surface area contributed by atoms with Crippen molar-refractivity contribution in [3.05, 3.63) is 35.9 Å². The van der Waals surface area contributed by atoms with Crippen LogP contribution in [0, 0.1) is 5.92 Å². The summed E-state index contributed by atoms with van der Waals surface area (Å²) in [6.07, 6.45) is 2.86. The highest BCUT2D eigenvalue weighted by atomic mass is 32.2. The molecule has 0 heterocycles. The number of aliphatic carboxylic acids is 1. The van der Waals surface area contributed by atoms with E-state index >= 15 is 0 Å². The van der Waals surface area contributed by atoms with Gasteiger partial charge in [0, 0.05) is 0 Å². The third-order valence-electron chi connectivity index (χ3n) is 3.23. The number of carboxylic acids is 1. The van der Waals surface area contributed by atoms with Crippen molar-refractivity contribution in [1.29, 1.82) is 0 Å². The first-order valence-corrected chi connectivity index (χ1v) is 7.60. The van der Waals surface area contributed by atoms with Gasteiger partial charge in [-0.2, -0.15) is 0 Å². The van der Waals surface area contributed by atoms with Gasteiger partial charge in [-0.25, -0.2) is 0 Å². The van der Waals surface area contributed by atoms with E-state index in [1.54, 1.807) is 11.8 Å². The van der Waals surface area contributed by atoms with Crippen molar-refractivity contribution in [2.24, 2.45) is 5.92 Å². The van der Waals surface area contributed by atoms with Crippen molar-refractivity contribution >= 4 is 17.7 Å². The van der Waals surface area contributed by atoms with Crippen LogP contribution in [0.15, 0.2) is 30.3 Å². The van der Waals surface area contributed by atoms with Crippen molar-refractivity contribution in [3.63, 3.8) is 0 Å². The number of carboxylic acid groups (broad SMARTS) is 1. The number of benzene rings is 1. The molecule has 18 heavy (non-hydrogen) atoms. The molecule has 1 atom stereocenters. The molecule has 1 rings (SSSR count). The fourth-order valence-electron chi connectivity index (χ4n) is 1.82. The lowest BCUT2D eigenvalue weighted by Crippen LogP contribution is -2.21. The minimum Gasteiger partial charge on any atom is -0.480 e. The van der Waals surface area contributed by atoms with Gasteiger partial charge in [0.25, 0.3) is 0 Å². The average molecular weight is 266 g/mol. The van der Waals surface area contributed by atoms with Gasteiger partial charge in [0.2, 0.25) is 0 Å². The summed E-state index contributed by atoms with van der Waals surface area (Å²) in [5, 5.41) is 8.95. The zero-order chi connectivity index (χ0) is 13.4. The molecule has 1 N–H and O–H groups in total. The van der Waals surface area contributed by atoms with Crippen LogP contribution in [0.5, 0.6) is 0 Å². The van der Waals surface area contributed by atoms with Crippen molar-refractivity contribution in [1.82, 2.24) is 0 Å². The highest BCUT2D eigenvalue weighted by Crippen LogP contribution is 2.22. The number of carbonyl (C=O) groups is 1. The Morgan fingerprint density at radius 3 is 2.33 bits per heavy atom. The Morgan fingerprint density at radius 1 is 1.22 bits per heavy atom. The summed E-state index contributed by atoms with van der Waals surface area (Å²) in [6.45, 7) is 4.34. The number of hydrogen-bond donors (Lipinski definition) is 1. The molecule has 1 aromatic rings. The average Bonchev–Trinajstić information content (AvgIpc) is 2.39. The lowest BCUT2D eigenvalue weighted by atomic mass is 10.1. The molecular weight excluding hydrogens is 244 g/mol. The van der Waals surface area contributed by atoms with Crippen LogP contribution in [0.4, 0.5) is 0 Å². The van der Waals surface area contributed by atoms with Gasteiger partial charge in [0.1, 0.15) is 5.25 Å². The maximum atomic E-state index is 11.3. The third-order valence-corrected chi connectivity index (χ3v) is 4.66. The Labute approximate surface area is 114 Å². The van der Waals surface area contributed by atoms with E-state index in [0.717, 1.165) is 24.2 Å². The standard InChI is InChI=1S/C15H22O2S/c1-3-12(4-2)11-18-14(15(16)17)10-13-8-6-5-7-9-13/h5-9,12,14H,3-4,10-11H2,1-2H3,(H,16,17). The second-order valence-electron chi connectivity index (χ2n) is 4.53. The van der Waals surface area contributed by atoms with Crippen LogP contribution < -0.4 is 0 Å². The number of rotatable bonds is 8. The summed E-state index contributed by atoms with van der Waals surface area (Å²) in [5.41, 5.74) is 1.10. The number of hydrogen-bond acceptors (Lipinski definition) is 2. The molecule has 0 fully saturated rings. The van der Waals surface area contributed by atoms with E-state index in [-0.39, 0.29) is 5.25 Å². The van der Waals surface area contributed by atoms with Gasteiger partial charge in [0.15, 0.2) is 0 Å². The molecule has 0 bridgehead atoms. The quantitative estimate of drug-likeness (QED) is 0.776. The molecule has 2 nitrogen and oxygen atoms in total. The lowest BCUT2D eigenvalue weighted by molar-refractivity contribution is -0.136. The minimum atomic E-state index is -0.699. The van der Waals surface area contributed by atoms with Gasteiger partial charge >= 0.3 is 5.97 Å². The smallest absolute Gasteiger partial charge is 0.316 e. The summed E-state index contributed by atoms with van der Waals surface area (Å²) >= 11 is 1.58. The normalized spacial score (nSPS) is 12.6. The summed E-state index contributed by atoms with van der Waals surface area (Å²) in [6, 6.07) is 9.86. The highest BCUT2D eigenvalue weighted by molar-refractivity contribution is 8.00. The molecule has 0 aliphatic carbocycles. The maximum Gasteiger partial charge on any atom is 0.316 e. The van der Waals surface area contributed by atoms with E-state index in [0.29, 0.717) is 12.3 Å². The van der Waals surface area contributed by atoms with Crippen LogP contribution in [0.3, 0.4) is 0 Å². The Hall–Kier alpha value is -0.960. The molecular formula is C15H22O2S. The highest BCUT2D eigenvalue weighted by Gasteiger charge is 2.19. The molecule has 0 amide bonds. The van der Waals surface area contributed by atoms with E-state index < -0.39 is 5.97 Å². The monoisotopic (exact) mass is 266 g/mol. The molecule has 0 aliphatic rings. The Kier molecular flexibility index (Phi) is 6.88. The first kappa shape index (κ1) is 15.1. The summed E-state index contributed by atoms with van der Waals surface area (Å²) in [4.78, 5) is 11.3. The fraction of sp³-hybridized carbons (Fsp3) is 0.533. The largest absolute Gasteiger partial charge is 0.480 e. The van der Waals surface area contributed by atoms with E-state index in [4.69, 9.17) is 0 Å². The molecule has 0 saturated carbocycles. The van der Waals surface area contributed by atoms with Crippen LogP contribution in [-0.4, -0.2) is 22.1 Å². The van der Waals surface area contributed by atoms with Gasteiger partial charge in [-0.3, -0.25) is 4.79 Å². The summed E-state index contributed by atoms with van der Waals surface area (Å²) in [7, 11) is 0. The fourth-order valence-corrected chi connectivity index (χ4v) is 3.25. The van der Waals surface area contributed by atoms with Gasteiger partial charge in [-0.15, -0.1) is 11.8 Å². The molecule has 1 unspecified atom stereocenters. The van der Waals surface area contributed by atoms with Crippen molar-refractivity contribution < 1.29 is 9.90 Å². The zero-order valence-corrected chi connectivity index (χ0v) is 12.0. The molecule has 1 aromatic carbocycles. The molecule has 0 aliphatic heterocycles. The van der Waals surface area contributed by atoms with Crippen molar-refractivity contribution in [2.75, 3.05) is 5.75 Å². The van der Waals surface area contributed by atoms with E-state index in [2.05, 4.69) is 13.8 Å². The Bertz CT molecular complexity index is 347. The third kappa shape index (κ3) is 5.13. The maximum absolute atomic E-state index is 11.3. The molecule has 0 radical (unpaired) electrons. The topological polar surface area (TPSA) is 37.3 Å². The molecule has 0 saturated heterocycles. The first-order chi connectivity index (χ1) is 8.67. The molecule has 3 heteroatoms.